The summed E-state index contributed by atoms with van der Waals surface area (Å²) in [5, 5.41) is 5.70. The Morgan fingerprint density at radius 2 is 2.36 bits per heavy atom. The largest absolute Gasteiger partial charge is 0.316 e. The highest BCUT2D eigenvalue weighted by Gasteiger charge is 2.44. The van der Waals surface area contributed by atoms with Crippen molar-refractivity contribution in [1.29, 1.82) is 0 Å². The molecule has 0 spiro atoms. The maximum Gasteiger partial charge on any atom is 0.00578 e. The zero-order valence-corrected chi connectivity index (χ0v) is 9.86. The molecule has 0 radical (unpaired) electrons. The lowest BCUT2D eigenvalue weighted by Gasteiger charge is -2.05. The Kier molecular flexibility index (Phi) is 2.93. The van der Waals surface area contributed by atoms with Crippen LogP contribution in [0.5, 0.6) is 0 Å². The van der Waals surface area contributed by atoms with Gasteiger partial charge in [-0.05, 0) is 48.7 Å². The van der Waals surface area contributed by atoms with Crippen LogP contribution in [0.4, 0.5) is 0 Å². The minimum absolute atomic E-state index is 0.621. The maximum atomic E-state index is 3.55. The van der Waals surface area contributed by atoms with E-state index in [1.165, 1.54) is 24.3 Å². The van der Waals surface area contributed by atoms with Gasteiger partial charge in [0.15, 0.2) is 0 Å². The molecule has 1 aliphatic rings. The summed E-state index contributed by atoms with van der Waals surface area (Å²) in [4.78, 5) is 1.49. The van der Waals surface area contributed by atoms with Gasteiger partial charge in [0, 0.05) is 4.88 Å². The molecule has 1 aromatic rings. The van der Waals surface area contributed by atoms with Crippen LogP contribution in [0.2, 0.25) is 0 Å². The molecule has 1 saturated carbocycles. The molecule has 0 saturated heterocycles. The van der Waals surface area contributed by atoms with Crippen molar-refractivity contribution < 1.29 is 0 Å². The zero-order chi connectivity index (χ0) is 10.0. The van der Waals surface area contributed by atoms with E-state index < -0.39 is 0 Å². The molecule has 1 unspecified atom stereocenters. The van der Waals surface area contributed by atoms with E-state index in [9.17, 15) is 0 Å². The first kappa shape index (κ1) is 10.2. The van der Waals surface area contributed by atoms with Gasteiger partial charge in [-0.3, -0.25) is 0 Å². The third kappa shape index (κ3) is 2.58. The first-order valence-electron chi connectivity index (χ1n) is 5.41. The summed E-state index contributed by atoms with van der Waals surface area (Å²) >= 11 is 1.86. The Morgan fingerprint density at radius 3 is 2.93 bits per heavy atom. The third-order valence-electron chi connectivity index (χ3n) is 3.24. The van der Waals surface area contributed by atoms with Crippen molar-refractivity contribution in [3.05, 3.63) is 22.4 Å². The Labute approximate surface area is 90.5 Å². The third-order valence-corrected chi connectivity index (χ3v) is 4.17. The monoisotopic (exact) mass is 209 g/mol. The normalized spacial score (nSPS) is 23.7. The van der Waals surface area contributed by atoms with Crippen molar-refractivity contribution in [1.82, 2.24) is 5.32 Å². The molecule has 0 bridgehead atoms. The fourth-order valence-electron chi connectivity index (χ4n) is 1.87. The van der Waals surface area contributed by atoms with E-state index in [0.29, 0.717) is 5.41 Å². The van der Waals surface area contributed by atoms with E-state index >= 15 is 0 Å². The standard InChI is InChI=1S/C12H19NS/c1-12(2)8-10(12)9-13-6-5-11-4-3-7-14-11/h3-4,7,10,13H,5-6,8-9H2,1-2H3. The number of hydrogen-bond donors (Lipinski definition) is 1. The van der Waals surface area contributed by atoms with Gasteiger partial charge in [0.25, 0.3) is 0 Å². The van der Waals surface area contributed by atoms with Gasteiger partial charge in [0.1, 0.15) is 0 Å². The molecule has 2 heteroatoms. The second-order valence-corrected chi connectivity index (χ2v) is 5.96. The van der Waals surface area contributed by atoms with Gasteiger partial charge < -0.3 is 5.32 Å². The molecule has 1 fully saturated rings. The van der Waals surface area contributed by atoms with E-state index in [1.54, 1.807) is 0 Å². The summed E-state index contributed by atoms with van der Waals surface area (Å²) in [6, 6.07) is 4.34. The Balaban J connectivity index is 1.57. The Bertz CT molecular complexity index is 277. The highest BCUT2D eigenvalue weighted by Crippen LogP contribution is 2.50. The first-order chi connectivity index (χ1) is 6.68. The Hall–Kier alpha value is -0.340. The van der Waals surface area contributed by atoms with Gasteiger partial charge in [0.05, 0.1) is 0 Å². The van der Waals surface area contributed by atoms with Gasteiger partial charge in [-0.15, -0.1) is 11.3 Å². The van der Waals surface area contributed by atoms with Gasteiger partial charge in [-0.1, -0.05) is 19.9 Å². The summed E-state index contributed by atoms with van der Waals surface area (Å²) in [5.41, 5.74) is 0.621. The van der Waals surface area contributed by atoms with Gasteiger partial charge in [-0.25, -0.2) is 0 Å². The lowest BCUT2D eigenvalue weighted by Crippen LogP contribution is -2.21. The molecular weight excluding hydrogens is 190 g/mol. The fraction of sp³-hybridized carbons (Fsp3) is 0.667. The number of hydrogen-bond acceptors (Lipinski definition) is 2. The predicted molar refractivity (Wildman–Crippen MR) is 62.8 cm³/mol. The molecule has 14 heavy (non-hydrogen) atoms. The van der Waals surface area contributed by atoms with E-state index in [1.807, 2.05) is 11.3 Å². The molecule has 0 aromatic carbocycles. The molecule has 1 N–H and O–H groups in total. The van der Waals surface area contributed by atoms with E-state index in [2.05, 4.69) is 36.7 Å². The van der Waals surface area contributed by atoms with Crippen LogP contribution in [-0.2, 0) is 6.42 Å². The highest BCUT2D eigenvalue weighted by atomic mass is 32.1. The fourth-order valence-corrected chi connectivity index (χ4v) is 2.58. The molecule has 1 aliphatic carbocycles. The van der Waals surface area contributed by atoms with Crippen LogP contribution in [0.1, 0.15) is 25.1 Å². The van der Waals surface area contributed by atoms with E-state index in [4.69, 9.17) is 0 Å². The Morgan fingerprint density at radius 1 is 1.57 bits per heavy atom. The van der Waals surface area contributed by atoms with Crippen molar-refractivity contribution in [2.45, 2.75) is 26.7 Å². The molecule has 1 heterocycles. The molecule has 1 aromatic heterocycles. The maximum absolute atomic E-state index is 3.55. The quantitative estimate of drug-likeness (QED) is 0.735. The summed E-state index contributed by atoms with van der Waals surface area (Å²) in [5.74, 6) is 0.922. The van der Waals surface area contributed by atoms with E-state index in [-0.39, 0.29) is 0 Å². The van der Waals surface area contributed by atoms with Crippen molar-refractivity contribution in [2.24, 2.45) is 11.3 Å². The summed E-state index contributed by atoms with van der Waals surface area (Å²) in [6.07, 6.45) is 2.59. The van der Waals surface area contributed by atoms with Crippen molar-refractivity contribution >= 4 is 11.3 Å². The first-order valence-corrected chi connectivity index (χ1v) is 6.29. The average molecular weight is 209 g/mol. The molecule has 1 nitrogen and oxygen atoms in total. The second kappa shape index (κ2) is 4.03. The molecule has 2 rings (SSSR count). The smallest absolute Gasteiger partial charge is 0.00578 e. The summed E-state index contributed by atoms with van der Waals surface area (Å²) in [7, 11) is 0. The van der Waals surface area contributed by atoms with Crippen LogP contribution < -0.4 is 5.32 Å². The SMILES string of the molecule is CC1(C)CC1CNCCc1cccs1. The molecule has 78 valence electrons. The van der Waals surface area contributed by atoms with E-state index in [0.717, 1.165) is 12.5 Å². The minimum Gasteiger partial charge on any atom is -0.316 e. The summed E-state index contributed by atoms with van der Waals surface area (Å²) in [6.45, 7) is 7.06. The lowest BCUT2D eigenvalue weighted by atomic mass is 10.1. The van der Waals surface area contributed by atoms with Gasteiger partial charge in [-0.2, -0.15) is 0 Å². The number of nitrogens with one attached hydrogen (secondary N) is 1. The van der Waals surface area contributed by atoms with Crippen LogP contribution in [-0.4, -0.2) is 13.1 Å². The van der Waals surface area contributed by atoms with Crippen LogP contribution in [0.3, 0.4) is 0 Å². The highest BCUT2D eigenvalue weighted by molar-refractivity contribution is 7.09. The predicted octanol–water partition coefficient (Wildman–Crippen LogP) is 2.93. The summed E-state index contributed by atoms with van der Waals surface area (Å²) < 4.78 is 0. The molecule has 0 aliphatic heterocycles. The van der Waals surface area contributed by atoms with Crippen LogP contribution in [0.15, 0.2) is 17.5 Å². The molecule has 0 amide bonds. The lowest BCUT2D eigenvalue weighted by molar-refractivity contribution is 0.521. The molecular formula is C12H19NS. The molecule has 1 atom stereocenters. The van der Waals surface area contributed by atoms with Crippen LogP contribution in [0.25, 0.3) is 0 Å². The minimum atomic E-state index is 0.621. The second-order valence-electron chi connectivity index (χ2n) is 4.92. The van der Waals surface area contributed by atoms with Crippen molar-refractivity contribution in [3.8, 4) is 0 Å². The van der Waals surface area contributed by atoms with Crippen LogP contribution in [0, 0.1) is 11.3 Å². The van der Waals surface area contributed by atoms with Crippen molar-refractivity contribution in [3.63, 3.8) is 0 Å². The topological polar surface area (TPSA) is 12.0 Å². The van der Waals surface area contributed by atoms with Crippen molar-refractivity contribution in [2.75, 3.05) is 13.1 Å². The van der Waals surface area contributed by atoms with Gasteiger partial charge in [0.2, 0.25) is 0 Å². The van der Waals surface area contributed by atoms with Gasteiger partial charge >= 0.3 is 0 Å². The zero-order valence-electron chi connectivity index (χ0n) is 9.05. The average Bonchev–Trinajstić information content (AvgIpc) is 2.60. The number of thiophene rings is 1. The number of rotatable bonds is 5. The van der Waals surface area contributed by atoms with Crippen LogP contribution >= 0.6 is 11.3 Å².